The average molecular weight is 337 g/mol. The van der Waals surface area contributed by atoms with Crippen molar-refractivity contribution in [1.82, 2.24) is 0 Å². The van der Waals surface area contributed by atoms with E-state index in [2.05, 4.69) is 52.9 Å². The van der Waals surface area contributed by atoms with Gasteiger partial charge in [-0.05, 0) is 36.9 Å². The molecule has 130 valence electrons. The van der Waals surface area contributed by atoms with E-state index in [4.69, 9.17) is 9.16 Å². The van der Waals surface area contributed by atoms with Gasteiger partial charge in [0.15, 0.2) is 8.32 Å². The molecule has 0 aromatic heterocycles. The van der Waals surface area contributed by atoms with Gasteiger partial charge < -0.3 is 9.16 Å². The highest BCUT2D eigenvalue weighted by Crippen LogP contribution is 2.57. The molecule has 4 atom stereocenters. The summed E-state index contributed by atoms with van der Waals surface area (Å²) >= 11 is 0. The smallest absolute Gasteiger partial charge is 0.192 e. The van der Waals surface area contributed by atoms with Crippen LogP contribution in [-0.4, -0.2) is 31.9 Å². The molecule has 0 radical (unpaired) electrons. The number of Topliss-reactive ketones (excluding diaryl/α,β-unsaturated/α-hetero) is 1. The van der Waals surface area contributed by atoms with Gasteiger partial charge in [-0.15, -0.1) is 0 Å². The van der Waals surface area contributed by atoms with E-state index in [-0.39, 0.29) is 10.6 Å². The summed E-state index contributed by atoms with van der Waals surface area (Å²) in [5.74, 6) is 1.15. The minimum atomic E-state index is -1.83. The van der Waals surface area contributed by atoms with Crippen LogP contribution in [0.3, 0.4) is 0 Å². The maximum atomic E-state index is 12.5. The monoisotopic (exact) mass is 336 g/mol. The fourth-order valence-corrected chi connectivity index (χ4v) is 5.34. The van der Waals surface area contributed by atoms with Crippen molar-refractivity contribution in [1.29, 1.82) is 0 Å². The zero-order valence-electron chi connectivity index (χ0n) is 15.6. The maximum Gasteiger partial charge on any atom is 0.192 e. The molecule has 0 aromatic carbocycles. The first kappa shape index (κ1) is 17.4. The second-order valence-corrected chi connectivity index (χ2v) is 14.4. The van der Waals surface area contributed by atoms with Crippen LogP contribution in [0.25, 0.3) is 0 Å². The zero-order chi connectivity index (χ0) is 17.1. The van der Waals surface area contributed by atoms with Crippen LogP contribution >= 0.6 is 0 Å². The molecule has 23 heavy (non-hydrogen) atoms. The fourth-order valence-electron chi connectivity index (χ4n) is 4.28. The fraction of sp³-hybridized carbons (Fsp3) is 0.842. The summed E-state index contributed by atoms with van der Waals surface area (Å²) in [5.41, 5.74) is -0.653. The molecule has 2 aliphatic heterocycles. The lowest BCUT2D eigenvalue weighted by atomic mass is 9.71. The summed E-state index contributed by atoms with van der Waals surface area (Å²) in [6.07, 6.45) is 7.65. The van der Waals surface area contributed by atoms with Crippen molar-refractivity contribution >= 4 is 14.1 Å². The number of carbonyl (C=O) groups is 1. The number of fused-ring (bicyclic) bond motifs is 1. The van der Waals surface area contributed by atoms with Crippen LogP contribution in [0.4, 0.5) is 0 Å². The number of allylic oxidation sites excluding steroid dienone is 1. The number of hydrogen-bond acceptors (Lipinski definition) is 3. The third-order valence-electron chi connectivity index (χ3n) is 6.81. The van der Waals surface area contributed by atoms with E-state index in [0.29, 0.717) is 37.1 Å². The topological polar surface area (TPSA) is 35.5 Å². The van der Waals surface area contributed by atoms with Gasteiger partial charge in [0.05, 0.1) is 17.8 Å². The summed E-state index contributed by atoms with van der Waals surface area (Å²) in [7, 11) is -1.83. The van der Waals surface area contributed by atoms with Crippen molar-refractivity contribution in [3.8, 4) is 0 Å². The van der Waals surface area contributed by atoms with Gasteiger partial charge >= 0.3 is 0 Å². The van der Waals surface area contributed by atoms with Crippen molar-refractivity contribution in [2.75, 3.05) is 6.61 Å². The number of hydrogen-bond donors (Lipinski definition) is 0. The summed E-state index contributed by atoms with van der Waals surface area (Å²) < 4.78 is 13.2. The molecular formula is C19H32O3Si. The van der Waals surface area contributed by atoms with Crippen molar-refractivity contribution < 1.29 is 14.0 Å². The molecule has 2 bridgehead atoms. The van der Waals surface area contributed by atoms with Crippen molar-refractivity contribution in [2.45, 2.75) is 82.7 Å². The molecule has 3 nitrogen and oxygen atoms in total. The van der Waals surface area contributed by atoms with Gasteiger partial charge in [-0.25, -0.2) is 0 Å². The number of rotatable bonds is 3. The molecule has 0 aromatic rings. The first-order valence-corrected chi connectivity index (χ1v) is 11.9. The molecular weight excluding hydrogens is 304 g/mol. The molecule has 1 spiro atoms. The van der Waals surface area contributed by atoms with Crippen LogP contribution in [0.15, 0.2) is 12.2 Å². The van der Waals surface area contributed by atoms with E-state index < -0.39 is 13.9 Å². The Balaban J connectivity index is 1.83. The highest BCUT2D eigenvalue weighted by molar-refractivity contribution is 6.74. The second-order valence-electron chi connectivity index (χ2n) is 9.56. The van der Waals surface area contributed by atoms with Crippen molar-refractivity contribution in [3.63, 3.8) is 0 Å². The number of carbonyl (C=O) groups excluding carboxylic acids is 1. The van der Waals surface area contributed by atoms with Crippen molar-refractivity contribution in [3.05, 3.63) is 12.2 Å². The van der Waals surface area contributed by atoms with Gasteiger partial charge in [0.1, 0.15) is 5.78 Å². The lowest BCUT2D eigenvalue weighted by Crippen LogP contribution is -2.53. The van der Waals surface area contributed by atoms with Crippen LogP contribution < -0.4 is 0 Å². The Morgan fingerprint density at radius 3 is 2.70 bits per heavy atom. The molecule has 0 N–H and O–H groups in total. The molecule has 1 aliphatic carbocycles. The summed E-state index contributed by atoms with van der Waals surface area (Å²) in [4.78, 5) is 12.5. The lowest BCUT2D eigenvalue weighted by molar-refractivity contribution is -0.185. The highest BCUT2D eigenvalue weighted by Gasteiger charge is 2.62. The van der Waals surface area contributed by atoms with Crippen LogP contribution in [0.1, 0.15) is 53.4 Å². The van der Waals surface area contributed by atoms with Gasteiger partial charge in [-0.2, -0.15) is 0 Å². The van der Waals surface area contributed by atoms with Gasteiger partial charge in [-0.3, -0.25) is 4.79 Å². The summed E-state index contributed by atoms with van der Waals surface area (Å²) in [6, 6.07) is 0. The molecule has 3 aliphatic rings. The van der Waals surface area contributed by atoms with Crippen LogP contribution in [0, 0.1) is 11.8 Å². The van der Waals surface area contributed by atoms with Gasteiger partial charge in [-0.1, -0.05) is 39.8 Å². The minimum Gasteiger partial charge on any atom is -0.414 e. The normalized spacial score (nSPS) is 40.3. The molecule has 2 heterocycles. The standard InChI is InChI=1S/C19H32O3Si/c1-14-8-7-9-15-10-18(11-16(20)12-19(14,15)22-18)13-21-23(5,6)17(2,3)4/h7,9,14-15H,8,10-13H2,1-6H3/t14-,15-,18+,19-/m1/s1. The Bertz CT molecular complexity index is 533. The van der Waals surface area contributed by atoms with Crippen LogP contribution in [0.2, 0.25) is 18.1 Å². The van der Waals surface area contributed by atoms with E-state index in [0.717, 1.165) is 12.8 Å². The Morgan fingerprint density at radius 1 is 1.35 bits per heavy atom. The van der Waals surface area contributed by atoms with E-state index in [1.807, 2.05) is 0 Å². The molecule has 0 saturated carbocycles. The Hall–Kier alpha value is -0.453. The molecule has 3 rings (SSSR count). The number of ether oxygens (including phenoxy) is 1. The molecule has 2 saturated heterocycles. The SMILES string of the molecule is C[C@@H]1CC=C[C@@H]2C[C@@]3(CO[Si](C)(C)C(C)(C)C)CC(=O)C[C@@]12O3. The first-order chi connectivity index (χ1) is 10.5. The van der Waals surface area contributed by atoms with Crippen LogP contribution in [0.5, 0.6) is 0 Å². The van der Waals surface area contributed by atoms with Gasteiger partial charge in [0.25, 0.3) is 0 Å². The van der Waals surface area contributed by atoms with Crippen LogP contribution in [-0.2, 0) is 14.0 Å². The van der Waals surface area contributed by atoms with Crippen molar-refractivity contribution in [2.24, 2.45) is 11.8 Å². The van der Waals surface area contributed by atoms with Gasteiger partial charge in [0, 0.05) is 18.8 Å². The number of ketones is 1. The van der Waals surface area contributed by atoms with E-state index in [1.54, 1.807) is 0 Å². The first-order valence-electron chi connectivity index (χ1n) is 9.02. The molecule has 4 heteroatoms. The third kappa shape index (κ3) is 2.77. The zero-order valence-corrected chi connectivity index (χ0v) is 16.6. The summed E-state index contributed by atoms with van der Waals surface area (Å²) in [5, 5.41) is 0.179. The summed E-state index contributed by atoms with van der Waals surface area (Å²) in [6.45, 7) is 14.1. The quantitative estimate of drug-likeness (QED) is 0.563. The largest absolute Gasteiger partial charge is 0.414 e. The highest BCUT2D eigenvalue weighted by atomic mass is 28.4. The second kappa shape index (κ2) is 5.27. The Labute approximate surface area is 141 Å². The van der Waals surface area contributed by atoms with E-state index in [1.165, 1.54) is 0 Å². The molecule has 2 fully saturated rings. The predicted molar refractivity (Wildman–Crippen MR) is 95.0 cm³/mol. The molecule has 0 amide bonds. The Kier molecular flexibility index (Phi) is 3.98. The average Bonchev–Trinajstić information content (AvgIpc) is 2.65. The van der Waals surface area contributed by atoms with E-state index in [9.17, 15) is 4.79 Å². The van der Waals surface area contributed by atoms with Gasteiger partial charge in [0.2, 0.25) is 0 Å². The van der Waals surface area contributed by atoms with E-state index >= 15 is 0 Å². The lowest BCUT2D eigenvalue weighted by Gasteiger charge is -2.46. The maximum absolute atomic E-state index is 12.5. The predicted octanol–water partition coefficient (Wildman–Crippen LogP) is 4.48. The minimum absolute atomic E-state index is 0.179. The Morgan fingerprint density at radius 2 is 2.04 bits per heavy atom. The third-order valence-corrected chi connectivity index (χ3v) is 11.3. The molecule has 0 unspecified atom stereocenters.